The molecule has 1 aliphatic rings. The Hall–Kier alpha value is 3.67. The van der Waals surface area contributed by atoms with Crippen LogP contribution in [0.1, 0.15) is 0 Å². The Morgan fingerprint density at radius 1 is 0.333 bits per heavy atom. The first kappa shape index (κ1) is 35.3. The molecule has 0 spiro atoms. The van der Waals surface area contributed by atoms with Gasteiger partial charge in [0.25, 0.3) is 46.9 Å². The second-order valence-corrected chi connectivity index (χ2v) is 12.5. The maximum absolute atomic E-state index is 11.0. The molecule has 0 aromatic carbocycles. The van der Waals surface area contributed by atoms with E-state index in [9.17, 15) is 56.8 Å². The molecule has 0 unspecified atom stereocenters. The van der Waals surface area contributed by atoms with Gasteiger partial charge in [-0.3, -0.25) is 27.4 Å². The Bertz CT molecular complexity index is 588. The van der Waals surface area contributed by atoms with Crippen LogP contribution in [0.25, 0.3) is 0 Å². The Labute approximate surface area is 209 Å². The molecule has 0 atom stereocenters. The second-order valence-electron chi connectivity index (χ2n) is 3.17. The molecule has 0 aromatic rings. The normalized spacial score (nSPS) is 49.1. The molecule has 0 aliphatic carbocycles. The number of phosphoric acid groups is 6. The van der Waals surface area contributed by atoms with Gasteiger partial charge in [-0.1, -0.05) is 0 Å². The first-order valence-electron chi connectivity index (χ1n) is 4.38. The quantitative estimate of drug-likeness (QED) is 0.173. The summed E-state index contributed by atoms with van der Waals surface area (Å²) in [5.74, 6) is 0. The van der Waals surface area contributed by atoms with E-state index in [-0.39, 0.29) is 81.9 Å². The largest absolute Gasteiger partial charge is 2.00 e. The predicted molar refractivity (Wildman–Crippen MR) is 52.1 cm³/mol. The third-order valence-corrected chi connectivity index (χ3v) is 10.8. The number of rotatable bonds is 0. The van der Waals surface area contributed by atoms with Crippen molar-refractivity contribution in [3.05, 3.63) is 0 Å². The van der Waals surface area contributed by atoms with Gasteiger partial charge in [-0.05, 0) is 0 Å². The predicted octanol–water partition coefficient (Wildman–Crippen LogP) is -3.10. The number of hydrogen-bond donors (Lipinski definition) is 0. The fraction of sp³-hybridized carbons (Fsp3) is 0. The SMILES string of the molecule is O=P1([O-])OP(=O)([O-])OP(=O)([O-])OP(=O)([O-])OP(=O)([O-])OP(=O)([O-])O1.[Cd+2].[Cd+2].[Cd+2]. The Balaban J connectivity index is -0.00000192. The van der Waals surface area contributed by atoms with Gasteiger partial charge in [0.05, 0.1) is 0 Å². The van der Waals surface area contributed by atoms with Gasteiger partial charge in [0.1, 0.15) is 0 Å². The van der Waals surface area contributed by atoms with Crippen LogP contribution in [0.5, 0.6) is 0 Å². The van der Waals surface area contributed by atoms with Crippen LogP contribution in [-0.4, -0.2) is 0 Å². The summed E-state index contributed by atoms with van der Waals surface area (Å²) in [6, 6.07) is 0. The standard InChI is InChI=1S/3Cd.H6O18P6/c;;;1-19(2)13-20(3,4)15-22(7,8)17-24(11,12)18-23(9,10)16-21(5,6)14-19/h;;;(H,1,2)(H,3,4)(H,5,6)(H,7,8)(H,9,10)(H,11,12)/q3*+2;/p-6. The van der Waals surface area contributed by atoms with E-state index in [1.54, 1.807) is 0 Å². The van der Waals surface area contributed by atoms with Crippen LogP contribution < -0.4 is 29.4 Å². The van der Waals surface area contributed by atoms with E-state index in [0.717, 1.165) is 0 Å². The Morgan fingerprint density at radius 2 is 0.407 bits per heavy atom. The molecule has 0 aromatic heterocycles. The molecule has 0 radical (unpaired) electrons. The van der Waals surface area contributed by atoms with E-state index in [4.69, 9.17) is 0 Å². The molecular formula is Cd3O18P6. The molecule has 1 rings (SSSR count). The molecule has 1 aliphatic heterocycles. The van der Waals surface area contributed by atoms with Gasteiger partial charge < -0.3 is 29.4 Å². The fourth-order valence-corrected chi connectivity index (χ4v) is 9.03. The molecule has 144 valence electrons. The van der Waals surface area contributed by atoms with E-state index < -0.39 is 46.9 Å². The molecule has 0 N–H and O–H groups in total. The van der Waals surface area contributed by atoms with E-state index in [1.165, 1.54) is 0 Å². The zero-order chi connectivity index (χ0) is 19.2. The smallest absolute Gasteiger partial charge is 0.756 e. The summed E-state index contributed by atoms with van der Waals surface area (Å²) in [5.41, 5.74) is 0. The zero-order valence-corrected chi connectivity index (χ0v) is 29.6. The minimum Gasteiger partial charge on any atom is -0.756 e. The Kier molecular flexibility index (Phi) is 15.3. The Morgan fingerprint density at radius 3 is 0.481 bits per heavy atom. The van der Waals surface area contributed by atoms with Crippen LogP contribution in [-0.2, 0) is 135 Å². The number of hydrogen-bond acceptors (Lipinski definition) is 18. The average molecular weight is 811 g/mol. The molecule has 1 heterocycles. The van der Waals surface area contributed by atoms with Crippen LogP contribution >= 0.6 is 46.9 Å². The van der Waals surface area contributed by atoms with E-state index >= 15 is 0 Å². The molecule has 0 amide bonds. The van der Waals surface area contributed by atoms with Gasteiger partial charge in [-0.25, -0.2) is 25.9 Å². The first-order chi connectivity index (χ1) is 10.2. The molecular weight excluding hydrogens is 811 g/mol. The zero-order valence-electron chi connectivity index (χ0n) is 12.2. The molecule has 18 nitrogen and oxygen atoms in total. The minimum atomic E-state index is -6.56. The van der Waals surface area contributed by atoms with Crippen molar-refractivity contribution >= 4 is 46.9 Å². The van der Waals surface area contributed by atoms with Gasteiger partial charge in [-0.2, -0.15) is 0 Å². The average Bonchev–Trinajstić information content (AvgIpc) is 1.98. The van der Waals surface area contributed by atoms with Crippen LogP contribution in [0.15, 0.2) is 0 Å². The van der Waals surface area contributed by atoms with Crippen molar-refractivity contribution in [3.63, 3.8) is 0 Å². The molecule has 0 saturated carbocycles. The molecule has 1 saturated heterocycles. The third-order valence-electron chi connectivity index (χ3n) is 1.20. The van der Waals surface area contributed by atoms with Crippen LogP contribution in [0.4, 0.5) is 0 Å². The van der Waals surface area contributed by atoms with Crippen molar-refractivity contribution < 1.29 is 165 Å². The van der Waals surface area contributed by atoms with Gasteiger partial charge in [0.2, 0.25) is 0 Å². The first-order valence-corrected chi connectivity index (χ1v) is 13.1. The summed E-state index contributed by atoms with van der Waals surface area (Å²) in [4.78, 5) is 65.8. The van der Waals surface area contributed by atoms with Gasteiger partial charge in [-0.15, -0.1) is 0 Å². The molecule has 27 heavy (non-hydrogen) atoms. The van der Waals surface area contributed by atoms with E-state index in [0.29, 0.717) is 0 Å². The third kappa shape index (κ3) is 14.4. The van der Waals surface area contributed by atoms with Crippen molar-refractivity contribution in [2.75, 3.05) is 0 Å². The molecule has 1 fully saturated rings. The topological polar surface area (TPSA) is 296 Å². The van der Waals surface area contributed by atoms with E-state index in [2.05, 4.69) is 25.9 Å². The summed E-state index contributed by atoms with van der Waals surface area (Å²) < 4.78 is 83.4. The summed E-state index contributed by atoms with van der Waals surface area (Å²) in [5, 5.41) is 0. The van der Waals surface area contributed by atoms with Crippen molar-refractivity contribution in [1.29, 1.82) is 0 Å². The second kappa shape index (κ2) is 11.7. The summed E-state index contributed by atoms with van der Waals surface area (Å²) in [6.07, 6.45) is 0. The van der Waals surface area contributed by atoms with Crippen LogP contribution in [0.3, 0.4) is 0 Å². The minimum absolute atomic E-state index is 0. The van der Waals surface area contributed by atoms with Crippen molar-refractivity contribution in [2.45, 2.75) is 0 Å². The summed E-state index contributed by atoms with van der Waals surface area (Å²) >= 11 is 0. The van der Waals surface area contributed by atoms with Gasteiger partial charge in [0, 0.05) is 0 Å². The summed E-state index contributed by atoms with van der Waals surface area (Å²) in [7, 11) is -39.3. The monoisotopic (exact) mass is 815 g/mol. The van der Waals surface area contributed by atoms with Crippen molar-refractivity contribution in [1.82, 2.24) is 0 Å². The van der Waals surface area contributed by atoms with Gasteiger partial charge in [0.15, 0.2) is 0 Å². The summed E-state index contributed by atoms with van der Waals surface area (Å²) in [6.45, 7) is 0. The van der Waals surface area contributed by atoms with Crippen LogP contribution in [0.2, 0.25) is 0 Å². The van der Waals surface area contributed by atoms with Crippen molar-refractivity contribution in [2.24, 2.45) is 0 Å². The fourth-order valence-electron chi connectivity index (χ4n) is 0.824. The maximum Gasteiger partial charge on any atom is 2.00 e. The van der Waals surface area contributed by atoms with Crippen molar-refractivity contribution in [3.8, 4) is 0 Å². The van der Waals surface area contributed by atoms with Gasteiger partial charge >= 0.3 is 81.9 Å². The van der Waals surface area contributed by atoms with Crippen LogP contribution in [0, 0.1) is 0 Å². The maximum atomic E-state index is 11.0. The van der Waals surface area contributed by atoms with E-state index in [1.807, 2.05) is 0 Å². The molecule has 27 heteroatoms. The molecule has 0 bridgehead atoms.